The highest BCUT2D eigenvalue weighted by atomic mass is 32.1. The van der Waals surface area contributed by atoms with E-state index in [0.717, 1.165) is 55.0 Å². The highest BCUT2D eigenvalue weighted by molar-refractivity contribution is 7.22. The van der Waals surface area contributed by atoms with E-state index in [4.69, 9.17) is 9.15 Å². The Morgan fingerprint density at radius 2 is 1.97 bits per heavy atom. The van der Waals surface area contributed by atoms with E-state index < -0.39 is 0 Å². The van der Waals surface area contributed by atoms with Crippen LogP contribution in [0.5, 0.6) is 5.75 Å². The third kappa shape index (κ3) is 3.95. The number of allylic oxidation sites excluding steroid dienone is 1. The summed E-state index contributed by atoms with van der Waals surface area (Å²) in [6, 6.07) is 8.12. The van der Waals surface area contributed by atoms with E-state index in [1.54, 1.807) is 6.08 Å². The number of nitrogens with one attached hydrogen (secondary N) is 1. The van der Waals surface area contributed by atoms with E-state index >= 15 is 0 Å². The van der Waals surface area contributed by atoms with Gasteiger partial charge in [0.25, 0.3) is 0 Å². The van der Waals surface area contributed by atoms with Gasteiger partial charge >= 0.3 is 0 Å². The number of rotatable bonds is 5. The molecule has 31 heavy (non-hydrogen) atoms. The number of amides is 1. The number of hydrogen-bond acceptors (Lipinski definition) is 5. The highest BCUT2D eigenvalue weighted by Gasteiger charge is 2.19. The van der Waals surface area contributed by atoms with Crippen LogP contribution < -0.4 is 10.1 Å². The maximum atomic E-state index is 12.7. The van der Waals surface area contributed by atoms with E-state index in [2.05, 4.69) is 22.4 Å². The smallest absolute Gasteiger partial charge is 0.250 e. The fourth-order valence-electron chi connectivity index (χ4n) is 3.74. The molecule has 0 saturated heterocycles. The Kier molecular flexibility index (Phi) is 5.58. The zero-order valence-corrected chi connectivity index (χ0v) is 19.5. The molecule has 0 bridgehead atoms. The number of benzene rings is 2. The van der Waals surface area contributed by atoms with Crippen LogP contribution in [0.1, 0.15) is 41.9 Å². The number of anilines is 1. The van der Waals surface area contributed by atoms with Crippen LogP contribution in [0.2, 0.25) is 0 Å². The quantitative estimate of drug-likeness (QED) is 0.354. The minimum Gasteiger partial charge on any atom is -0.493 e. The second kappa shape index (κ2) is 8.19. The van der Waals surface area contributed by atoms with Crippen LogP contribution in [0.25, 0.3) is 26.8 Å². The van der Waals surface area contributed by atoms with E-state index in [0.29, 0.717) is 11.7 Å². The largest absolute Gasteiger partial charge is 0.493 e. The van der Waals surface area contributed by atoms with E-state index in [-0.39, 0.29) is 5.91 Å². The molecule has 0 aliphatic rings. The molecule has 1 N–H and O–H groups in total. The molecular formula is C25H26N2O3S. The molecule has 0 saturated carbocycles. The van der Waals surface area contributed by atoms with Crippen molar-refractivity contribution >= 4 is 49.1 Å². The predicted octanol–water partition coefficient (Wildman–Crippen LogP) is 6.72. The SMILES string of the molecule is CCOc1c(/C(C)=C/C(=O)Nc2nc3ccc(C)cc3s2)cc2c(C)c(C)oc2c1C. The average Bonchev–Trinajstić information content (AvgIpc) is 3.23. The van der Waals surface area contributed by atoms with Crippen molar-refractivity contribution in [3.63, 3.8) is 0 Å². The number of carbonyl (C=O) groups excluding carboxylic acids is 1. The van der Waals surface area contributed by atoms with Gasteiger partial charge < -0.3 is 9.15 Å². The third-order valence-corrected chi connectivity index (χ3v) is 6.42. The van der Waals surface area contributed by atoms with Crippen molar-refractivity contribution in [1.29, 1.82) is 0 Å². The zero-order chi connectivity index (χ0) is 22.3. The molecule has 0 spiro atoms. The van der Waals surface area contributed by atoms with Crippen molar-refractivity contribution in [1.82, 2.24) is 4.98 Å². The van der Waals surface area contributed by atoms with Gasteiger partial charge in [-0.3, -0.25) is 10.1 Å². The molecule has 5 nitrogen and oxygen atoms in total. The van der Waals surface area contributed by atoms with Crippen LogP contribution in [-0.2, 0) is 4.79 Å². The summed E-state index contributed by atoms with van der Waals surface area (Å²) in [5.74, 6) is 1.43. The van der Waals surface area contributed by atoms with Crippen molar-refractivity contribution in [2.45, 2.75) is 41.5 Å². The lowest BCUT2D eigenvalue weighted by Gasteiger charge is -2.14. The Morgan fingerprint density at radius 3 is 2.71 bits per heavy atom. The monoisotopic (exact) mass is 434 g/mol. The van der Waals surface area contributed by atoms with Crippen molar-refractivity contribution in [3.05, 3.63) is 58.4 Å². The molecule has 0 unspecified atom stereocenters. The molecule has 0 aliphatic heterocycles. The second-order valence-corrected chi connectivity index (χ2v) is 8.81. The second-order valence-electron chi connectivity index (χ2n) is 7.78. The molecule has 160 valence electrons. The third-order valence-electron chi connectivity index (χ3n) is 5.48. The van der Waals surface area contributed by atoms with E-state index in [1.807, 2.05) is 53.7 Å². The van der Waals surface area contributed by atoms with Gasteiger partial charge in [0.15, 0.2) is 5.13 Å². The van der Waals surface area contributed by atoms with Crippen LogP contribution in [0.3, 0.4) is 0 Å². The van der Waals surface area contributed by atoms with Gasteiger partial charge in [0.1, 0.15) is 17.1 Å². The first-order valence-corrected chi connectivity index (χ1v) is 11.1. The number of thiazole rings is 1. The minimum absolute atomic E-state index is 0.214. The van der Waals surface area contributed by atoms with Gasteiger partial charge in [0, 0.05) is 22.6 Å². The Hall–Kier alpha value is -3.12. The molecule has 4 rings (SSSR count). The van der Waals surface area contributed by atoms with Crippen LogP contribution in [0.4, 0.5) is 5.13 Å². The topological polar surface area (TPSA) is 64.4 Å². The summed E-state index contributed by atoms with van der Waals surface area (Å²) in [6.45, 7) is 12.5. The molecule has 2 heterocycles. The summed E-state index contributed by atoms with van der Waals surface area (Å²) in [5, 5.41) is 4.54. The van der Waals surface area contributed by atoms with Gasteiger partial charge in [-0.15, -0.1) is 0 Å². The molecule has 2 aromatic carbocycles. The molecule has 0 fully saturated rings. The number of hydrogen-bond donors (Lipinski definition) is 1. The van der Waals surface area contributed by atoms with Crippen molar-refractivity contribution in [2.75, 3.05) is 11.9 Å². The Labute approximate surface area is 185 Å². The Bertz CT molecular complexity index is 1340. The van der Waals surface area contributed by atoms with Crippen molar-refractivity contribution in [2.24, 2.45) is 0 Å². The van der Waals surface area contributed by atoms with Gasteiger partial charge in [0.05, 0.1) is 16.8 Å². The number of carbonyl (C=O) groups is 1. The summed E-state index contributed by atoms with van der Waals surface area (Å²) in [5.41, 5.74) is 6.65. The first-order valence-electron chi connectivity index (χ1n) is 10.3. The number of fused-ring (bicyclic) bond motifs is 2. The molecule has 0 aliphatic carbocycles. The minimum atomic E-state index is -0.214. The van der Waals surface area contributed by atoms with E-state index in [9.17, 15) is 4.79 Å². The molecule has 2 aromatic heterocycles. The van der Waals surface area contributed by atoms with Crippen LogP contribution in [-0.4, -0.2) is 17.5 Å². The van der Waals surface area contributed by atoms with Gasteiger partial charge in [-0.05, 0) is 76.4 Å². The van der Waals surface area contributed by atoms with Gasteiger partial charge in [0.2, 0.25) is 5.91 Å². The fraction of sp³-hybridized carbons (Fsp3) is 0.280. The lowest BCUT2D eigenvalue weighted by atomic mass is 9.98. The van der Waals surface area contributed by atoms with Gasteiger partial charge in [-0.2, -0.15) is 0 Å². The molecule has 6 heteroatoms. The lowest BCUT2D eigenvalue weighted by molar-refractivity contribution is -0.111. The Balaban J connectivity index is 1.69. The first kappa shape index (κ1) is 21.1. The summed E-state index contributed by atoms with van der Waals surface area (Å²) >= 11 is 1.47. The summed E-state index contributed by atoms with van der Waals surface area (Å²) in [7, 11) is 0. The molecule has 0 radical (unpaired) electrons. The normalized spacial score (nSPS) is 12.0. The van der Waals surface area contributed by atoms with Crippen LogP contribution in [0, 0.1) is 27.7 Å². The summed E-state index contributed by atoms with van der Waals surface area (Å²) < 4.78 is 13.0. The number of ether oxygens (including phenoxy) is 1. The first-order chi connectivity index (χ1) is 14.8. The van der Waals surface area contributed by atoms with Gasteiger partial charge in [-0.25, -0.2) is 4.98 Å². The van der Waals surface area contributed by atoms with Crippen LogP contribution >= 0.6 is 11.3 Å². The average molecular weight is 435 g/mol. The van der Waals surface area contributed by atoms with Gasteiger partial charge in [-0.1, -0.05) is 17.4 Å². The van der Waals surface area contributed by atoms with Crippen LogP contribution in [0.15, 0.2) is 34.8 Å². The zero-order valence-electron chi connectivity index (χ0n) is 18.7. The Morgan fingerprint density at radius 1 is 1.19 bits per heavy atom. The maximum Gasteiger partial charge on any atom is 0.250 e. The lowest BCUT2D eigenvalue weighted by Crippen LogP contribution is -2.08. The summed E-state index contributed by atoms with van der Waals surface area (Å²) in [6.07, 6.45) is 1.60. The number of furan rings is 1. The molecule has 0 atom stereocenters. The highest BCUT2D eigenvalue weighted by Crippen LogP contribution is 2.39. The maximum absolute atomic E-state index is 12.7. The number of aryl methyl sites for hydroxylation is 4. The number of nitrogens with zero attached hydrogens (tertiary/aromatic N) is 1. The number of aromatic nitrogens is 1. The molecule has 1 amide bonds. The molecule has 4 aromatic rings. The predicted molar refractivity (Wildman–Crippen MR) is 128 cm³/mol. The molecular weight excluding hydrogens is 408 g/mol. The summed E-state index contributed by atoms with van der Waals surface area (Å²) in [4.78, 5) is 17.3. The van der Waals surface area contributed by atoms with Crippen molar-refractivity contribution in [3.8, 4) is 5.75 Å². The van der Waals surface area contributed by atoms with E-state index in [1.165, 1.54) is 16.9 Å². The van der Waals surface area contributed by atoms with Crippen molar-refractivity contribution < 1.29 is 13.9 Å². The fourth-order valence-corrected chi connectivity index (χ4v) is 4.70. The standard InChI is InChI=1S/C25H26N2O3S/c1-7-29-23-16(5)24-19(15(4)17(6)30-24)12-18(23)14(3)11-22(28)27-25-26-20-9-8-13(2)10-21(20)31-25/h8-12H,7H2,1-6H3,(H,26,27,28)/b14-11+.